The molecule has 0 atom stereocenters. The van der Waals surface area contributed by atoms with Crippen molar-refractivity contribution in [3.8, 4) is 0 Å². The molecule has 0 N–H and O–H groups in total. The Morgan fingerprint density at radius 2 is 2.15 bits per heavy atom. The second-order valence-corrected chi connectivity index (χ2v) is 4.56. The molecule has 0 unspecified atom stereocenters. The first-order valence-corrected chi connectivity index (χ1v) is 5.89. The molecule has 0 saturated heterocycles. The van der Waals surface area contributed by atoms with Crippen LogP contribution >= 0.6 is 38.5 Å². The number of halogens is 3. The maximum absolute atomic E-state index is 12.9. The van der Waals surface area contributed by atoms with Crippen LogP contribution < -0.4 is 0 Å². The van der Waals surface area contributed by atoms with Crippen molar-refractivity contribution >= 4 is 44.3 Å². The number of alkyl halides is 1. The van der Waals surface area contributed by atoms with Crippen molar-refractivity contribution < 1.29 is 9.18 Å². The van der Waals surface area contributed by atoms with E-state index in [9.17, 15) is 9.18 Å². The predicted octanol–water partition coefficient (Wildman–Crippen LogP) is 3.40. The Kier molecular flexibility index (Phi) is 4.31. The summed E-state index contributed by atoms with van der Waals surface area (Å²) in [4.78, 5) is 11.3. The van der Waals surface area contributed by atoms with E-state index in [-0.39, 0.29) is 11.6 Å². The van der Waals surface area contributed by atoms with Crippen molar-refractivity contribution in [2.75, 3.05) is 5.33 Å². The number of hydrogen-bond acceptors (Lipinski definition) is 1. The Labute approximate surface area is 98.0 Å². The van der Waals surface area contributed by atoms with Crippen molar-refractivity contribution in [1.29, 1.82) is 0 Å². The fourth-order valence-electron chi connectivity index (χ4n) is 0.945. The monoisotopic (exact) mass is 356 g/mol. The van der Waals surface area contributed by atoms with Crippen LogP contribution in [-0.2, 0) is 0 Å². The second kappa shape index (κ2) is 5.05. The first-order valence-electron chi connectivity index (χ1n) is 3.68. The zero-order chi connectivity index (χ0) is 9.84. The van der Waals surface area contributed by atoms with Crippen LogP contribution in [0.2, 0.25) is 0 Å². The van der Waals surface area contributed by atoms with E-state index in [0.717, 1.165) is 3.57 Å². The van der Waals surface area contributed by atoms with Gasteiger partial charge in [-0.25, -0.2) is 4.39 Å². The third kappa shape index (κ3) is 3.34. The van der Waals surface area contributed by atoms with E-state index in [1.165, 1.54) is 12.1 Å². The van der Waals surface area contributed by atoms with Crippen LogP contribution in [0, 0.1) is 9.39 Å². The molecule has 1 rings (SSSR count). The Hall–Kier alpha value is 0.0300. The lowest BCUT2D eigenvalue weighted by atomic mass is 10.1. The molecule has 13 heavy (non-hydrogen) atoms. The standard InChI is InChI=1S/C9H7BrFIO/c10-2-1-9(13)6-3-7(11)5-8(12)4-6/h3-5H,1-2H2. The number of Topliss-reactive ketones (excluding diaryl/α,β-unsaturated/α-hetero) is 1. The summed E-state index contributed by atoms with van der Waals surface area (Å²) in [5.41, 5.74) is 0.448. The van der Waals surface area contributed by atoms with Crippen LogP contribution in [0.5, 0.6) is 0 Å². The van der Waals surface area contributed by atoms with Gasteiger partial charge < -0.3 is 0 Å². The molecular weight excluding hydrogens is 350 g/mol. The molecule has 4 heteroatoms. The molecular formula is C9H7BrFIO. The van der Waals surface area contributed by atoms with E-state index in [0.29, 0.717) is 17.3 Å². The predicted molar refractivity (Wildman–Crippen MR) is 61.9 cm³/mol. The fourth-order valence-corrected chi connectivity index (χ4v) is 1.94. The van der Waals surface area contributed by atoms with Crippen LogP contribution in [0.25, 0.3) is 0 Å². The number of carbonyl (C=O) groups excluding carboxylic acids is 1. The van der Waals surface area contributed by atoms with E-state index in [1.54, 1.807) is 6.07 Å². The molecule has 0 bridgehead atoms. The van der Waals surface area contributed by atoms with Crippen LogP contribution in [0.4, 0.5) is 4.39 Å². The summed E-state index contributed by atoms with van der Waals surface area (Å²) >= 11 is 5.16. The fraction of sp³-hybridized carbons (Fsp3) is 0.222. The maximum atomic E-state index is 12.9. The lowest BCUT2D eigenvalue weighted by molar-refractivity contribution is 0.0989. The van der Waals surface area contributed by atoms with Crippen molar-refractivity contribution in [3.63, 3.8) is 0 Å². The molecule has 1 aromatic rings. The minimum absolute atomic E-state index is 0.0331. The highest BCUT2D eigenvalue weighted by atomic mass is 127. The SMILES string of the molecule is O=C(CCBr)c1cc(F)cc(I)c1. The van der Waals surface area contributed by atoms with Gasteiger partial charge in [-0.15, -0.1) is 0 Å². The van der Waals surface area contributed by atoms with E-state index < -0.39 is 0 Å². The van der Waals surface area contributed by atoms with E-state index in [1.807, 2.05) is 22.6 Å². The van der Waals surface area contributed by atoms with Gasteiger partial charge in [-0.1, -0.05) is 15.9 Å². The Bertz CT molecular complexity index is 307. The van der Waals surface area contributed by atoms with Crippen LogP contribution in [0.15, 0.2) is 18.2 Å². The summed E-state index contributed by atoms with van der Waals surface area (Å²) in [6.45, 7) is 0. The van der Waals surface area contributed by atoms with Crippen molar-refractivity contribution in [1.82, 2.24) is 0 Å². The summed E-state index contributed by atoms with van der Waals surface area (Å²) in [6.07, 6.45) is 0.402. The van der Waals surface area contributed by atoms with Gasteiger partial charge in [0.05, 0.1) is 0 Å². The normalized spacial score (nSPS) is 10.1. The Morgan fingerprint density at radius 1 is 1.46 bits per heavy atom. The molecule has 70 valence electrons. The largest absolute Gasteiger partial charge is 0.294 e. The van der Waals surface area contributed by atoms with Gasteiger partial charge in [0.2, 0.25) is 0 Å². The number of ketones is 1. The topological polar surface area (TPSA) is 17.1 Å². The van der Waals surface area contributed by atoms with Gasteiger partial charge in [0.1, 0.15) is 5.82 Å². The molecule has 0 aromatic heterocycles. The van der Waals surface area contributed by atoms with Crippen molar-refractivity contribution in [2.24, 2.45) is 0 Å². The summed E-state index contributed by atoms with van der Waals surface area (Å²) in [5.74, 6) is -0.390. The quantitative estimate of drug-likeness (QED) is 0.461. The summed E-state index contributed by atoms with van der Waals surface area (Å²) < 4.78 is 13.6. The van der Waals surface area contributed by atoms with Gasteiger partial charge in [0.15, 0.2) is 5.78 Å². The average Bonchev–Trinajstić information content (AvgIpc) is 2.03. The van der Waals surface area contributed by atoms with Gasteiger partial charge in [-0.05, 0) is 40.8 Å². The molecule has 0 aliphatic rings. The highest BCUT2D eigenvalue weighted by Gasteiger charge is 2.06. The Morgan fingerprint density at radius 3 is 2.69 bits per heavy atom. The highest BCUT2D eigenvalue weighted by molar-refractivity contribution is 14.1. The highest BCUT2D eigenvalue weighted by Crippen LogP contribution is 2.13. The molecule has 0 heterocycles. The average molecular weight is 357 g/mol. The molecule has 1 nitrogen and oxygen atoms in total. The number of hydrogen-bond donors (Lipinski definition) is 0. The van der Waals surface area contributed by atoms with Gasteiger partial charge in [-0.3, -0.25) is 4.79 Å². The van der Waals surface area contributed by atoms with E-state index in [2.05, 4.69) is 15.9 Å². The van der Waals surface area contributed by atoms with E-state index >= 15 is 0 Å². The van der Waals surface area contributed by atoms with E-state index in [4.69, 9.17) is 0 Å². The molecule has 0 saturated carbocycles. The zero-order valence-electron chi connectivity index (χ0n) is 6.69. The summed E-state index contributed by atoms with van der Waals surface area (Å²) in [7, 11) is 0. The summed E-state index contributed by atoms with van der Waals surface area (Å²) in [6, 6.07) is 4.35. The van der Waals surface area contributed by atoms with Crippen molar-refractivity contribution in [2.45, 2.75) is 6.42 Å². The lowest BCUT2D eigenvalue weighted by Crippen LogP contribution is -2.00. The minimum Gasteiger partial charge on any atom is -0.294 e. The molecule has 0 amide bonds. The summed E-state index contributed by atoms with van der Waals surface area (Å²) in [5, 5.41) is 0.610. The Balaban J connectivity index is 2.94. The van der Waals surface area contributed by atoms with Gasteiger partial charge in [-0.2, -0.15) is 0 Å². The van der Waals surface area contributed by atoms with Crippen LogP contribution in [0.1, 0.15) is 16.8 Å². The first kappa shape index (κ1) is 11.1. The van der Waals surface area contributed by atoms with Gasteiger partial charge in [0.25, 0.3) is 0 Å². The third-order valence-corrected chi connectivity index (χ3v) is 2.53. The lowest BCUT2D eigenvalue weighted by Gasteiger charge is -1.99. The zero-order valence-corrected chi connectivity index (χ0v) is 10.4. The maximum Gasteiger partial charge on any atom is 0.163 e. The molecule has 1 aromatic carbocycles. The number of carbonyl (C=O) groups is 1. The molecule has 0 aliphatic heterocycles. The number of rotatable bonds is 3. The second-order valence-electron chi connectivity index (χ2n) is 2.52. The molecule has 0 fully saturated rings. The number of benzene rings is 1. The van der Waals surface area contributed by atoms with Crippen molar-refractivity contribution in [3.05, 3.63) is 33.1 Å². The third-order valence-electron chi connectivity index (χ3n) is 1.51. The first-order chi connectivity index (χ1) is 6.13. The minimum atomic E-state index is -0.357. The molecule has 0 radical (unpaired) electrons. The molecule has 0 aliphatic carbocycles. The van der Waals surface area contributed by atoms with Gasteiger partial charge in [0, 0.05) is 20.9 Å². The van der Waals surface area contributed by atoms with Crippen LogP contribution in [0.3, 0.4) is 0 Å². The smallest absolute Gasteiger partial charge is 0.163 e. The molecule has 0 spiro atoms. The van der Waals surface area contributed by atoms with Gasteiger partial charge >= 0.3 is 0 Å². The van der Waals surface area contributed by atoms with Crippen LogP contribution in [-0.4, -0.2) is 11.1 Å².